The summed E-state index contributed by atoms with van der Waals surface area (Å²) in [7, 11) is 0. The molecule has 0 atom stereocenters. The van der Waals surface area contributed by atoms with Gasteiger partial charge in [0.05, 0.1) is 23.0 Å². The second-order valence-electron chi connectivity index (χ2n) is 7.82. The van der Waals surface area contributed by atoms with Crippen LogP contribution in [0.5, 0.6) is 0 Å². The summed E-state index contributed by atoms with van der Waals surface area (Å²) in [6, 6.07) is 31.8. The molecular weight excluding hydrogens is 340 g/mol. The van der Waals surface area contributed by atoms with Gasteiger partial charge in [0.25, 0.3) is 0 Å². The molecule has 1 aliphatic rings. The van der Waals surface area contributed by atoms with Crippen LogP contribution in [0.3, 0.4) is 0 Å². The molecule has 1 heterocycles. The Hall–Kier alpha value is -3.57. The molecule has 0 fully saturated rings. The molecule has 0 unspecified atom stereocenters. The van der Waals surface area contributed by atoms with Gasteiger partial charge >= 0.3 is 0 Å². The molecule has 0 aliphatic carbocycles. The molecule has 0 saturated heterocycles. The topological polar surface area (TPSA) is 27.0 Å². The number of fused-ring (bicyclic) bond motifs is 4. The lowest BCUT2D eigenvalue weighted by Gasteiger charge is -2.42. The molecule has 28 heavy (non-hydrogen) atoms. The average Bonchev–Trinajstić information content (AvgIpc) is 2.74. The fraction of sp³-hybridized carbons (Fsp3) is 0.115. The van der Waals surface area contributed by atoms with Gasteiger partial charge in [-0.05, 0) is 58.3 Å². The van der Waals surface area contributed by atoms with Crippen LogP contribution in [0.1, 0.15) is 30.5 Å². The van der Waals surface area contributed by atoms with Crippen molar-refractivity contribution in [2.24, 2.45) is 0 Å². The van der Waals surface area contributed by atoms with Gasteiger partial charge in [0.2, 0.25) is 0 Å². The first kappa shape index (κ1) is 16.6. The van der Waals surface area contributed by atoms with Gasteiger partial charge in [0.1, 0.15) is 0 Å². The highest BCUT2D eigenvalue weighted by Crippen LogP contribution is 2.53. The number of para-hydroxylation sites is 2. The number of nitrogens with zero attached hydrogens (tertiary/aromatic N) is 2. The maximum Gasteiger partial charge on any atom is 0.0991 e. The van der Waals surface area contributed by atoms with E-state index >= 15 is 0 Å². The van der Waals surface area contributed by atoms with Crippen LogP contribution >= 0.6 is 0 Å². The summed E-state index contributed by atoms with van der Waals surface area (Å²) in [4.78, 5) is 2.35. The van der Waals surface area contributed by atoms with E-state index in [2.05, 4.69) is 91.5 Å². The first-order chi connectivity index (χ1) is 13.6. The molecule has 134 valence electrons. The van der Waals surface area contributed by atoms with Crippen molar-refractivity contribution in [3.63, 3.8) is 0 Å². The SMILES string of the molecule is CC1(C)c2ccccc2N(c2ccccc2)c2ccc3cc(C#N)ccc3c21. The van der Waals surface area contributed by atoms with Crippen molar-refractivity contribution < 1.29 is 0 Å². The van der Waals surface area contributed by atoms with E-state index in [-0.39, 0.29) is 5.41 Å². The van der Waals surface area contributed by atoms with Gasteiger partial charge in [0.15, 0.2) is 0 Å². The minimum absolute atomic E-state index is 0.148. The monoisotopic (exact) mass is 360 g/mol. The van der Waals surface area contributed by atoms with E-state index in [9.17, 15) is 5.26 Å². The van der Waals surface area contributed by atoms with Crippen LogP contribution in [-0.4, -0.2) is 0 Å². The normalized spacial score (nSPS) is 14.2. The van der Waals surface area contributed by atoms with Crippen LogP contribution in [0, 0.1) is 11.3 Å². The minimum Gasteiger partial charge on any atom is -0.310 e. The molecule has 2 heteroatoms. The van der Waals surface area contributed by atoms with Crippen molar-refractivity contribution in [1.29, 1.82) is 5.26 Å². The molecule has 4 aromatic rings. The Kier molecular flexibility index (Phi) is 3.54. The van der Waals surface area contributed by atoms with E-state index in [0.29, 0.717) is 5.56 Å². The fourth-order valence-corrected chi connectivity index (χ4v) is 4.55. The zero-order valence-electron chi connectivity index (χ0n) is 16.0. The predicted molar refractivity (Wildman–Crippen MR) is 115 cm³/mol. The van der Waals surface area contributed by atoms with Gasteiger partial charge in [-0.15, -0.1) is 0 Å². The van der Waals surface area contributed by atoms with Crippen LogP contribution in [0.15, 0.2) is 84.9 Å². The third-order valence-corrected chi connectivity index (χ3v) is 5.83. The van der Waals surface area contributed by atoms with E-state index in [0.717, 1.165) is 11.1 Å². The number of nitriles is 1. The summed E-state index contributed by atoms with van der Waals surface area (Å²) in [6.07, 6.45) is 0. The molecule has 2 nitrogen and oxygen atoms in total. The zero-order valence-corrected chi connectivity index (χ0v) is 16.0. The molecule has 5 rings (SSSR count). The highest BCUT2D eigenvalue weighted by molar-refractivity contribution is 5.98. The number of hydrogen-bond acceptors (Lipinski definition) is 2. The van der Waals surface area contributed by atoms with Crippen molar-refractivity contribution in [3.05, 3.63) is 102 Å². The molecule has 0 saturated carbocycles. The third-order valence-electron chi connectivity index (χ3n) is 5.83. The maximum absolute atomic E-state index is 9.30. The number of benzene rings is 4. The highest BCUT2D eigenvalue weighted by atomic mass is 15.2. The van der Waals surface area contributed by atoms with Crippen LogP contribution in [-0.2, 0) is 5.41 Å². The second kappa shape index (κ2) is 5.97. The van der Waals surface area contributed by atoms with E-state index < -0.39 is 0 Å². The zero-order chi connectivity index (χ0) is 19.3. The largest absolute Gasteiger partial charge is 0.310 e. The Labute approximate surface area is 165 Å². The Morgan fingerprint density at radius 3 is 2.32 bits per heavy atom. The average molecular weight is 360 g/mol. The van der Waals surface area contributed by atoms with Gasteiger partial charge in [-0.25, -0.2) is 0 Å². The van der Waals surface area contributed by atoms with Gasteiger partial charge in [-0.3, -0.25) is 0 Å². The molecule has 0 amide bonds. The molecule has 4 aromatic carbocycles. The van der Waals surface area contributed by atoms with E-state index in [1.54, 1.807) is 0 Å². The third kappa shape index (κ3) is 2.27. The molecule has 0 N–H and O–H groups in total. The lowest BCUT2D eigenvalue weighted by atomic mass is 9.71. The van der Waals surface area contributed by atoms with Crippen LogP contribution in [0.4, 0.5) is 17.1 Å². The van der Waals surface area contributed by atoms with Crippen molar-refractivity contribution in [3.8, 4) is 6.07 Å². The van der Waals surface area contributed by atoms with E-state index in [1.807, 2.05) is 18.2 Å². The Morgan fingerprint density at radius 2 is 1.54 bits per heavy atom. The van der Waals surface area contributed by atoms with Crippen molar-refractivity contribution in [2.75, 3.05) is 4.90 Å². The standard InChI is InChI=1S/C26H20N2/c1-26(2)22-10-6-7-11-23(22)28(20-8-4-3-5-9-20)24-15-13-19-16-18(17-27)12-14-21(19)25(24)26/h3-16H,1-2H3. The number of anilines is 3. The quantitative estimate of drug-likeness (QED) is 0.372. The maximum atomic E-state index is 9.30. The molecule has 0 radical (unpaired) electrons. The number of hydrogen-bond donors (Lipinski definition) is 0. The minimum atomic E-state index is -0.148. The first-order valence-corrected chi connectivity index (χ1v) is 9.53. The number of rotatable bonds is 1. The second-order valence-corrected chi connectivity index (χ2v) is 7.82. The molecule has 0 bridgehead atoms. The fourth-order valence-electron chi connectivity index (χ4n) is 4.55. The van der Waals surface area contributed by atoms with Crippen LogP contribution < -0.4 is 4.90 Å². The Balaban J connectivity index is 1.89. The first-order valence-electron chi connectivity index (χ1n) is 9.53. The Morgan fingerprint density at radius 1 is 0.786 bits per heavy atom. The molecule has 0 spiro atoms. The van der Waals surface area contributed by atoms with Gasteiger partial charge in [-0.2, -0.15) is 5.26 Å². The van der Waals surface area contributed by atoms with Gasteiger partial charge in [0, 0.05) is 11.1 Å². The summed E-state index contributed by atoms with van der Waals surface area (Å²) in [5.41, 5.74) is 6.73. The Bertz CT molecular complexity index is 1250. The summed E-state index contributed by atoms with van der Waals surface area (Å²) < 4.78 is 0. The van der Waals surface area contributed by atoms with Crippen molar-refractivity contribution in [2.45, 2.75) is 19.3 Å². The van der Waals surface area contributed by atoms with Crippen molar-refractivity contribution >= 4 is 27.8 Å². The molecular formula is C26H20N2. The van der Waals surface area contributed by atoms with E-state index in [1.165, 1.54) is 27.9 Å². The van der Waals surface area contributed by atoms with Crippen molar-refractivity contribution in [1.82, 2.24) is 0 Å². The lowest BCUT2D eigenvalue weighted by Crippen LogP contribution is -2.30. The summed E-state index contributed by atoms with van der Waals surface area (Å²) >= 11 is 0. The van der Waals surface area contributed by atoms with Crippen LogP contribution in [0.25, 0.3) is 10.8 Å². The molecule has 1 aliphatic heterocycles. The van der Waals surface area contributed by atoms with Gasteiger partial charge in [-0.1, -0.05) is 62.4 Å². The smallest absolute Gasteiger partial charge is 0.0991 e. The summed E-state index contributed by atoms with van der Waals surface area (Å²) in [5, 5.41) is 11.6. The van der Waals surface area contributed by atoms with Crippen LogP contribution in [0.2, 0.25) is 0 Å². The van der Waals surface area contributed by atoms with Gasteiger partial charge < -0.3 is 4.90 Å². The predicted octanol–water partition coefficient (Wildman–Crippen LogP) is 6.82. The lowest BCUT2D eigenvalue weighted by molar-refractivity contribution is 0.638. The summed E-state index contributed by atoms with van der Waals surface area (Å²) in [5.74, 6) is 0. The summed E-state index contributed by atoms with van der Waals surface area (Å²) in [6.45, 7) is 4.59. The molecule has 0 aromatic heterocycles. The van der Waals surface area contributed by atoms with E-state index in [4.69, 9.17) is 0 Å². The highest BCUT2D eigenvalue weighted by Gasteiger charge is 2.37.